The highest BCUT2D eigenvalue weighted by Crippen LogP contribution is 2.10. The number of aliphatic imine (C=N–C) groups is 1. The van der Waals surface area contributed by atoms with Crippen molar-refractivity contribution in [3.63, 3.8) is 0 Å². The number of hydrogen-bond donors (Lipinski definition) is 0. The summed E-state index contributed by atoms with van der Waals surface area (Å²) in [5.74, 6) is 0.892. The van der Waals surface area contributed by atoms with E-state index in [1.807, 2.05) is 30.5 Å². The molecule has 0 unspecified atom stereocenters. The first-order chi connectivity index (χ1) is 8.86. The molecule has 0 aromatic heterocycles. The maximum atomic E-state index is 5.11. The number of nitrogens with zero attached hydrogens (tertiary/aromatic N) is 1. The van der Waals surface area contributed by atoms with Crippen LogP contribution < -0.4 is 4.74 Å². The smallest absolute Gasteiger partial charge is 0.118 e. The largest absolute Gasteiger partial charge is 0.497 e. The molecule has 0 bridgehead atoms. The van der Waals surface area contributed by atoms with Crippen LogP contribution in [-0.4, -0.2) is 19.9 Å². The molecule has 1 aromatic rings. The molecule has 0 fully saturated rings. The fourth-order valence-corrected chi connectivity index (χ4v) is 1.84. The van der Waals surface area contributed by atoms with E-state index >= 15 is 0 Å². The van der Waals surface area contributed by atoms with Gasteiger partial charge in [-0.25, -0.2) is 0 Å². The summed E-state index contributed by atoms with van der Waals surface area (Å²) in [6.45, 7) is 3.19. The van der Waals surface area contributed by atoms with Gasteiger partial charge in [-0.15, -0.1) is 0 Å². The molecular formula is C16H25NO. The maximum absolute atomic E-state index is 5.11. The molecule has 0 heterocycles. The topological polar surface area (TPSA) is 21.6 Å². The van der Waals surface area contributed by atoms with Gasteiger partial charge in [0.15, 0.2) is 0 Å². The molecule has 0 atom stereocenters. The van der Waals surface area contributed by atoms with E-state index in [0.717, 1.165) is 17.9 Å². The lowest BCUT2D eigenvalue weighted by Gasteiger charge is -1.99. The summed E-state index contributed by atoms with van der Waals surface area (Å²) < 4.78 is 5.11. The van der Waals surface area contributed by atoms with Crippen molar-refractivity contribution >= 4 is 6.21 Å². The summed E-state index contributed by atoms with van der Waals surface area (Å²) in [5.41, 5.74) is 1.14. The van der Waals surface area contributed by atoms with Crippen LogP contribution >= 0.6 is 0 Å². The highest BCUT2D eigenvalue weighted by molar-refractivity contribution is 5.79. The molecule has 1 aromatic carbocycles. The quantitative estimate of drug-likeness (QED) is 0.466. The zero-order valence-electron chi connectivity index (χ0n) is 11.7. The van der Waals surface area contributed by atoms with E-state index in [2.05, 4.69) is 11.9 Å². The average molecular weight is 247 g/mol. The van der Waals surface area contributed by atoms with Crippen molar-refractivity contribution in [1.82, 2.24) is 0 Å². The average Bonchev–Trinajstić information content (AvgIpc) is 2.42. The Balaban J connectivity index is 2.12. The Hall–Kier alpha value is -1.31. The number of benzene rings is 1. The van der Waals surface area contributed by atoms with Gasteiger partial charge in [0.25, 0.3) is 0 Å². The molecule has 0 N–H and O–H groups in total. The van der Waals surface area contributed by atoms with Crippen LogP contribution in [-0.2, 0) is 0 Å². The van der Waals surface area contributed by atoms with Crippen LogP contribution in [0.5, 0.6) is 5.75 Å². The Morgan fingerprint density at radius 2 is 1.67 bits per heavy atom. The number of hydrogen-bond acceptors (Lipinski definition) is 2. The Labute approximate surface area is 111 Å². The third-order valence-corrected chi connectivity index (χ3v) is 3.00. The van der Waals surface area contributed by atoms with Crippen LogP contribution in [0.15, 0.2) is 29.3 Å². The first-order valence-corrected chi connectivity index (χ1v) is 7.00. The Kier molecular flexibility index (Phi) is 7.94. The molecule has 2 heteroatoms. The summed E-state index contributed by atoms with van der Waals surface area (Å²) in [5, 5.41) is 0. The van der Waals surface area contributed by atoms with Crippen molar-refractivity contribution in [2.45, 2.75) is 45.4 Å². The predicted molar refractivity (Wildman–Crippen MR) is 78.8 cm³/mol. The van der Waals surface area contributed by atoms with Crippen molar-refractivity contribution < 1.29 is 4.74 Å². The van der Waals surface area contributed by atoms with E-state index < -0.39 is 0 Å². The van der Waals surface area contributed by atoms with Crippen molar-refractivity contribution in [3.05, 3.63) is 29.8 Å². The molecule has 0 aliphatic carbocycles. The van der Waals surface area contributed by atoms with E-state index in [4.69, 9.17) is 4.74 Å². The van der Waals surface area contributed by atoms with Gasteiger partial charge in [0.05, 0.1) is 7.11 Å². The third kappa shape index (κ3) is 6.43. The minimum atomic E-state index is 0.892. The third-order valence-electron chi connectivity index (χ3n) is 3.00. The van der Waals surface area contributed by atoms with Crippen LogP contribution in [0, 0.1) is 0 Å². The van der Waals surface area contributed by atoms with Crippen LogP contribution in [0.3, 0.4) is 0 Å². The minimum absolute atomic E-state index is 0.892. The molecule has 0 radical (unpaired) electrons. The van der Waals surface area contributed by atoms with E-state index in [1.54, 1.807) is 7.11 Å². The van der Waals surface area contributed by atoms with Crippen molar-refractivity contribution in [2.24, 2.45) is 4.99 Å². The molecule has 100 valence electrons. The van der Waals surface area contributed by atoms with Crippen molar-refractivity contribution in [3.8, 4) is 5.75 Å². The summed E-state index contributed by atoms with van der Waals surface area (Å²) in [6, 6.07) is 7.99. The lowest BCUT2D eigenvalue weighted by Crippen LogP contribution is -1.87. The molecule has 0 saturated carbocycles. The minimum Gasteiger partial charge on any atom is -0.497 e. The molecule has 18 heavy (non-hydrogen) atoms. The van der Waals surface area contributed by atoms with Crippen LogP contribution in [0.2, 0.25) is 0 Å². The second kappa shape index (κ2) is 9.69. The molecule has 0 amide bonds. The second-order valence-electron chi connectivity index (χ2n) is 4.58. The monoisotopic (exact) mass is 247 g/mol. The van der Waals surface area contributed by atoms with E-state index in [1.165, 1.54) is 38.5 Å². The van der Waals surface area contributed by atoms with E-state index in [-0.39, 0.29) is 0 Å². The van der Waals surface area contributed by atoms with Crippen molar-refractivity contribution in [2.75, 3.05) is 13.7 Å². The van der Waals surface area contributed by atoms with Crippen LogP contribution in [0.4, 0.5) is 0 Å². The first kappa shape index (κ1) is 14.7. The molecule has 2 nitrogen and oxygen atoms in total. The fraction of sp³-hybridized carbons (Fsp3) is 0.562. The second-order valence-corrected chi connectivity index (χ2v) is 4.58. The highest BCUT2D eigenvalue weighted by Gasteiger charge is 1.91. The van der Waals surface area contributed by atoms with Crippen molar-refractivity contribution in [1.29, 1.82) is 0 Å². The van der Waals surface area contributed by atoms with Gasteiger partial charge in [0, 0.05) is 12.8 Å². The molecular weight excluding hydrogens is 222 g/mol. The fourth-order valence-electron chi connectivity index (χ4n) is 1.84. The Bertz CT molecular complexity index is 329. The summed E-state index contributed by atoms with van der Waals surface area (Å²) >= 11 is 0. The highest BCUT2D eigenvalue weighted by atomic mass is 16.5. The number of rotatable bonds is 9. The number of methoxy groups -OCH3 is 1. The summed E-state index contributed by atoms with van der Waals surface area (Å²) in [6.07, 6.45) is 9.87. The predicted octanol–water partition coefficient (Wildman–Crippen LogP) is 4.47. The molecule has 0 saturated heterocycles. The van der Waals surface area contributed by atoms with Crippen LogP contribution in [0.25, 0.3) is 0 Å². The standard InChI is InChI=1S/C16H25NO/c1-3-4-5-6-7-8-13-17-14-15-9-11-16(18-2)12-10-15/h9-12,14H,3-8,13H2,1-2H3/b17-14+. The van der Waals surface area contributed by atoms with Gasteiger partial charge in [-0.05, 0) is 36.2 Å². The van der Waals surface area contributed by atoms with Gasteiger partial charge < -0.3 is 4.74 Å². The normalized spacial score (nSPS) is 11.0. The Morgan fingerprint density at radius 1 is 1.00 bits per heavy atom. The van der Waals surface area contributed by atoms with Crippen LogP contribution in [0.1, 0.15) is 51.0 Å². The lowest BCUT2D eigenvalue weighted by atomic mass is 10.1. The van der Waals surface area contributed by atoms with E-state index in [0.29, 0.717) is 0 Å². The maximum Gasteiger partial charge on any atom is 0.118 e. The Morgan fingerprint density at radius 3 is 2.33 bits per heavy atom. The summed E-state index contributed by atoms with van der Waals surface area (Å²) in [4.78, 5) is 4.45. The zero-order valence-corrected chi connectivity index (χ0v) is 11.7. The zero-order chi connectivity index (χ0) is 13.1. The number of unbranched alkanes of at least 4 members (excludes halogenated alkanes) is 5. The van der Waals surface area contributed by atoms with Gasteiger partial charge in [-0.3, -0.25) is 4.99 Å². The first-order valence-electron chi connectivity index (χ1n) is 7.00. The number of ether oxygens (including phenoxy) is 1. The molecule has 1 rings (SSSR count). The molecule has 0 spiro atoms. The molecule has 0 aliphatic heterocycles. The van der Waals surface area contributed by atoms with Gasteiger partial charge in [0.1, 0.15) is 5.75 Å². The van der Waals surface area contributed by atoms with Gasteiger partial charge in [-0.1, -0.05) is 39.0 Å². The summed E-state index contributed by atoms with van der Waals surface area (Å²) in [7, 11) is 1.68. The SMILES string of the molecule is CCCCCCCC/N=C/c1ccc(OC)cc1. The van der Waals surface area contributed by atoms with Gasteiger partial charge >= 0.3 is 0 Å². The molecule has 0 aliphatic rings. The van der Waals surface area contributed by atoms with E-state index in [9.17, 15) is 0 Å². The van der Waals surface area contributed by atoms with Gasteiger partial charge in [-0.2, -0.15) is 0 Å². The lowest BCUT2D eigenvalue weighted by molar-refractivity contribution is 0.415. The van der Waals surface area contributed by atoms with Gasteiger partial charge in [0.2, 0.25) is 0 Å².